The van der Waals surface area contributed by atoms with Crippen molar-refractivity contribution in [1.29, 1.82) is 0 Å². The molecule has 2 unspecified atom stereocenters. The monoisotopic (exact) mass is 314 g/mol. The van der Waals surface area contributed by atoms with Crippen LogP contribution in [-0.4, -0.2) is 23.5 Å². The van der Waals surface area contributed by atoms with Gasteiger partial charge in [0.15, 0.2) is 0 Å². The molecule has 0 heterocycles. The zero-order valence-electron chi connectivity index (χ0n) is 14.3. The average molecular weight is 314 g/mol. The Bertz CT molecular complexity index is 414. The summed E-state index contributed by atoms with van der Waals surface area (Å²) < 4.78 is 0. The van der Waals surface area contributed by atoms with Crippen LogP contribution in [0.15, 0.2) is 0 Å². The summed E-state index contributed by atoms with van der Waals surface area (Å²) in [5, 5.41) is 0. The highest BCUT2D eigenvalue weighted by Crippen LogP contribution is 2.29. The Morgan fingerprint density at radius 1 is 0.682 bits per heavy atom. The summed E-state index contributed by atoms with van der Waals surface area (Å²) >= 11 is 0. The first-order valence-corrected chi connectivity index (χ1v) is 7.63. The molecule has 0 rings (SSSR count). The third-order valence-electron chi connectivity index (χ3n) is 4.38. The minimum Gasteiger partial charge on any atom is -0.298 e. The topological polar surface area (TPSA) is 86.7 Å². The predicted octanol–water partition coefficient (Wildman–Crippen LogP) is 2.78. The second kappa shape index (κ2) is 8.06. The van der Waals surface area contributed by atoms with Crippen molar-refractivity contribution in [2.45, 2.75) is 67.2 Å². The summed E-state index contributed by atoms with van der Waals surface area (Å²) in [6, 6.07) is 0. The number of hydrogen-bond acceptors (Lipinski definition) is 6. The molecule has 0 aromatic carbocycles. The van der Waals surface area contributed by atoms with Crippen LogP contribution in [0.1, 0.15) is 67.2 Å². The zero-order chi connectivity index (χ0) is 17.6. The Morgan fingerprint density at radius 3 is 1.14 bits per heavy atom. The molecule has 22 heavy (non-hydrogen) atoms. The highest BCUT2D eigenvalue weighted by atomic mass is 17.2. The molecule has 0 aliphatic rings. The van der Waals surface area contributed by atoms with Crippen LogP contribution in [-0.2, 0) is 29.0 Å². The molecule has 0 N–H and O–H groups in total. The van der Waals surface area contributed by atoms with E-state index >= 15 is 0 Å². The van der Waals surface area contributed by atoms with E-state index in [2.05, 4.69) is 9.78 Å². The molecule has 6 nitrogen and oxygen atoms in total. The first-order chi connectivity index (χ1) is 10.1. The van der Waals surface area contributed by atoms with Gasteiger partial charge in [0, 0.05) is 12.8 Å². The van der Waals surface area contributed by atoms with E-state index in [1.165, 1.54) is 13.8 Å². The molecule has 0 fully saturated rings. The smallest absolute Gasteiger partial charge is 0.298 e. The van der Waals surface area contributed by atoms with Gasteiger partial charge in [0.25, 0.3) is 0 Å². The second-order valence-corrected chi connectivity index (χ2v) is 5.67. The molecule has 2 atom stereocenters. The highest BCUT2D eigenvalue weighted by molar-refractivity contribution is 6.04. The van der Waals surface area contributed by atoms with Crippen LogP contribution in [0.5, 0.6) is 0 Å². The Labute approximate surface area is 131 Å². The normalized spacial score (nSPS) is 16.1. The number of rotatable bonds is 8. The first-order valence-electron chi connectivity index (χ1n) is 7.63. The van der Waals surface area contributed by atoms with Gasteiger partial charge in [0.1, 0.15) is 22.4 Å². The van der Waals surface area contributed by atoms with Crippen molar-refractivity contribution >= 4 is 23.5 Å². The third kappa shape index (κ3) is 3.93. The Balaban J connectivity index is 5.00. The lowest BCUT2D eigenvalue weighted by Crippen LogP contribution is -2.41. The molecular weight excluding hydrogens is 288 g/mol. The fraction of sp³-hybridized carbons (Fsp3) is 0.750. The van der Waals surface area contributed by atoms with Crippen molar-refractivity contribution in [3.8, 4) is 0 Å². The summed E-state index contributed by atoms with van der Waals surface area (Å²) in [7, 11) is 0. The molecule has 0 saturated carbocycles. The quantitative estimate of drug-likeness (QED) is 0.389. The van der Waals surface area contributed by atoms with Gasteiger partial charge < -0.3 is 0 Å². The fourth-order valence-electron chi connectivity index (χ4n) is 1.95. The predicted molar refractivity (Wildman–Crippen MR) is 79.6 cm³/mol. The number of ketones is 2. The van der Waals surface area contributed by atoms with E-state index in [9.17, 15) is 19.2 Å². The van der Waals surface area contributed by atoms with Gasteiger partial charge in [-0.15, -0.1) is 0 Å². The number of carbonyl (C=O) groups is 4. The summed E-state index contributed by atoms with van der Waals surface area (Å²) in [6.45, 7) is 9.53. The number of Topliss-reactive ketones (excluding diaryl/α,β-unsaturated/α-hetero) is 2. The van der Waals surface area contributed by atoms with E-state index in [1.54, 1.807) is 27.7 Å². The van der Waals surface area contributed by atoms with Crippen molar-refractivity contribution in [2.24, 2.45) is 10.8 Å². The van der Waals surface area contributed by atoms with Crippen LogP contribution >= 0.6 is 0 Å². The van der Waals surface area contributed by atoms with E-state index in [1.807, 2.05) is 0 Å². The molecule has 0 aliphatic carbocycles. The summed E-state index contributed by atoms with van der Waals surface area (Å²) in [5.74, 6) is -2.42. The Hall–Kier alpha value is -1.72. The highest BCUT2D eigenvalue weighted by Gasteiger charge is 2.44. The van der Waals surface area contributed by atoms with E-state index in [4.69, 9.17) is 0 Å². The van der Waals surface area contributed by atoms with Gasteiger partial charge in [-0.3, -0.25) is 9.59 Å². The molecule has 0 spiro atoms. The largest absolute Gasteiger partial charge is 0.368 e. The van der Waals surface area contributed by atoms with E-state index in [-0.39, 0.29) is 37.2 Å². The van der Waals surface area contributed by atoms with Crippen molar-refractivity contribution in [1.82, 2.24) is 0 Å². The number of carbonyl (C=O) groups excluding carboxylic acids is 4. The third-order valence-corrected chi connectivity index (χ3v) is 4.38. The lowest BCUT2D eigenvalue weighted by atomic mass is 9.81. The average Bonchev–Trinajstić information content (AvgIpc) is 2.55. The van der Waals surface area contributed by atoms with Gasteiger partial charge in [-0.2, -0.15) is 0 Å². The lowest BCUT2D eigenvalue weighted by molar-refractivity contribution is -0.271. The molecule has 0 amide bonds. The van der Waals surface area contributed by atoms with Crippen LogP contribution in [0.2, 0.25) is 0 Å². The molecule has 6 heteroatoms. The summed E-state index contributed by atoms with van der Waals surface area (Å²) in [5.41, 5.74) is -2.71. The molecule has 0 aromatic heterocycles. The molecule has 0 aromatic rings. The van der Waals surface area contributed by atoms with E-state index in [0.717, 1.165) is 0 Å². The lowest BCUT2D eigenvalue weighted by Gasteiger charge is -2.25. The van der Waals surface area contributed by atoms with Crippen LogP contribution in [0.25, 0.3) is 0 Å². The van der Waals surface area contributed by atoms with Gasteiger partial charge in [0.2, 0.25) is 0 Å². The molecule has 0 bridgehead atoms. The van der Waals surface area contributed by atoms with E-state index < -0.39 is 22.8 Å². The molecule has 0 radical (unpaired) electrons. The van der Waals surface area contributed by atoms with Crippen LogP contribution in [0.3, 0.4) is 0 Å². The summed E-state index contributed by atoms with van der Waals surface area (Å²) in [6.07, 6.45) is 0.812. The van der Waals surface area contributed by atoms with Crippen molar-refractivity contribution < 1.29 is 29.0 Å². The minimum atomic E-state index is -1.35. The number of hydrogen-bond donors (Lipinski definition) is 0. The molecule has 0 saturated heterocycles. The zero-order valence-corrected chi connectivity index (χ0v) is 14.3. The van der Waals surface area contributed by atoms with Crippen LogP contribution in [0, 0.1) is 10.8 Å². The van der Waals surface area contributed by atoms with Crippen molar-refractivity contribution in [3.63, 3.8) is 0 Å². The van der Waals surface area contributed by atoms with Gasteiger partial charge >= 0.3 is 11.9 Å². The summed E-state index contributed by atoms with van der Waals surface area (Å²) in [4.78, 5) is 57.0. The fourth-order valence-corrected chi connectivity index (χ4v) is 1.95. The second-order valence-electron chi connectivity index (χ2n) is 5.67. The minimum absolute atomic E-state index is 0.175. The van der Waals surface area contributed by atoms with E-state index in [0.29, 0.717) is 0 Å². The van der Waals surface area contributed by atoms with Gasteiger partial charge in [-0.25, -0.2) is 19.4 Å². The van der Waals surface area contributed by atoms with Crippen LogP contribution in [0.4, 0.5) is 0 Å². The molecule has 126 valence electrons. The maximum Gasteiger partial charge on any atom is 0.368 e. The maximum atomic E-state index is 12.1. The Morgan fingerprint density at radius 2 is 0.955 bits per heavy atom. The van der Waals surface area contributed by atoms with Gasteiger partial charge in [-0.1, -0.05) is 27.7 Å². The van der Waals surface area contributed by atoms with Crippen LogP contribution < -0.4 is 0 Å². The maximum absolute atomic E-state index is 12.1. The first kappa shape index (κ1) is 20.3. The van der Waals surface area contributed by atoms with Crippen molar-refractivity contribution in [3.05, 3.63) is 0 Å². The van der Waals surface area contributed by atoms with Gasteiger partial charge in [-0.05, 0) is 26.7 Å². The van der Waals surface area contributed by atoms with Gasteiger partial charge in [0.05, 0.1) is 0 Å². The Kier molecular flexibility index (Phi) is 7.43. The SMILES string of the molecule is CCC(=O)C(C)(CC)C(=O)OOC(=O)C(C)(CC)C(=O)CC. The molecular formula is C16H26O6. The standard InChI is InChI=1S/C16H26O6/c1-7-11(17)15(5,9-3)13(19)21-22-14(20)16(6,10-4)12(18)8-2/h7-10H2,1-6H3. The van der Waals surface area contributed by atoms with Crippen molar-refractivity contribution in [2.75, 3.05) is 0 Å². The molecule has 0 aliphatic heterocycles.